The van der Waals surface area contributed by atoms with Crippen LogP contribution in [0, 0.1) is 0 Å². The van der Waals surface area contributed by atoms with E-state index < -0.39 is 6.16 Å². The molecule has 0 saturated carbocycles. The van der Waals surface area contributed by atoms with Crippen LogP contribution in [0.4, 0.5) is 4.79 Å². The summed E-state index contributed by atoms with van der Waals surface area (Å²) in [6, 6.07) is 0. The molecule has 1 aliphatic rings. The van der Waals surface area contributed by atoms with Crippen molar-refractivity contribution in [2.45, 2.75) is 13.0 Å². The van der Waals surface area contributed by atoms with E-state index in [9.17, 15) is 4.79 Å². The third kappa shape index (κ3) is 0.824. The van der Waals surface area contributed by atoms with Crippen molar-refractivity contribution in [2.24, 2.45) is 0 Å². The highest BCUT2D eigenvalue weighted by atomic mass is 16.8. The minimum Gasteiger partial charge on any atom is -0.430 e. The summed E-state index contributed by atoms with van der Waals surface area (Å²) in [6.45, 7) is 2.18. The van der Waals surface area contributed by atoms with E-state index in [0.717, 1.165) is 0 Å². The van der Waals surface area contributed by atoms with E-state index in [2.05, 4.69) is 9.47 Å². The number of rotatable bonds is 0. The molecular formula is C4H8O3. The number of ether oxygens (including phenoxy) is 2. The van der Waals surface area contributed by atoms with Crippen molar-refractivity contribution in [3.8, 4) is 0 Å². The lowest BCUT2D eigenvalue weighted by atomic mass is 10.5. The zero-order valence-electron chi connectivity index (χ0n) is 4.01. The topological polar surface area (TPSA) is 35.5 Å². The standard InChI is InChI=1S/C4H6O3.H2/c1-3-2-6-4(5)7-3;/h3H,2H2,1H3;1H. The fourth-order valence-corrected chi connectivity index (χ4v) is 0.418. The van der Waals surface area contributed by atoms with E-state index in [4.69, 9.17) is 0 Å². The summed E-state index contributed by atoms with van der Waals surface area (Å²) in [5.41, 5.74) is 0. The Kier molecular flexibility index (Phi) is 0.889. The van der Waals surface area contributed by atoms with E-state index in [1.807, 2.05) is 0 Å². The molecule has 0 amide bonds. The van der Waals surface area contributed by atoms with Gasteiger partial charge in [0, 0.05) is 1.43 Å². The average Bonchev–Trinajstić information content (AvgIpc) is 1.87. The number of carbonyl (C=O) groups is 1. The lowest BCUT2D eigenvalue weighted by molar-refractivity contribution is 0.121. The minimum atomic E-state index is -0.549. The van der Waals surface area contributed by atoms with Crippen LogP contribution in [0.5, 0.6) is 0 Å². The predicted octanol–water partition coefficient (Wildman–Crippen LogP) is 0.788. The average molecular weight is 104 g/mol. The second-order valence-electron chi connectivity index (χ2n) is 1.49. The van der Waals surface area contributed by atoms with Gasteiger partial charge < -0.3 is 9.47 Å². The number of carbonyl (C=O) groups excluding carboxylic acids is 1. The zero-order valence-corrected chi connectivity index (χ0v) is 4.01. The van der Waals surface area contributed by atoms with E-state index in [0.29, 0.717) is 6.61 Å². The predicted molar refractivity (Wildman–Crippen MR) is 24.0 cm³/mol. The Bertz CT molecular complexity index is 93.3. The van der Waals surface area contributed by atoms with Crippen molar-refractivity contribution in [1.82, 2.24) is 0 Å². The molecule has 0 aliphatic carbocycles. The van der Waals surface area contributed by atoms with E-state index in [1.54, 1.807) is 6.92 Å². The Morgan fingerprint density at radius 2 is 2.71 bits per heavy atom. The van der Waals surface area contributed by atoms with Crippen LogP contribution in [-0.2, 0) is 9.47 Å². The molecule has 1 aliphatic heterocycles. The quantitative estimate of drug-likeness (QED) is 0.426. The summed E-state index contributed by atoms with van der Waals surface area (Å²) < 4.78 is 8.90. The Morgan fingerprint density at radius 3 is 2.86 bits per heavy atom. The summed E-state index contributed by atoms with van der Waals surface area (Å²) in [5.74, 6) is 0. The smallest absolute Gasteiger partial charge is 0.430 e. The van der Waals surface area contributed by atoms with Gasteiger partial charge in [-0.05, 0) is 6.92 Å². The minimum absolute atomic E-state index is 0. The SMILES string of the molecule is CC1COC(=O)O1.[HH]. The van der Waals surface area contributed by atoms with Crippen LogP contribution in [0.15, 0.2) is 0 Å². The van der Waals surface area contributed by atoms with Crippen LogP contribution >= 0.6 is 0 Å². The van der Waals surface area contributed by atoms with Gasteiger partial charge >= 0.3 is 6.16 Å². The monoisotopic (exact) mass is 104 g/mol. The molecule has 0 aromatic rings. The first-order valence-corrected chi connectivity index (χ1v) is 2.12. The van der Waals surface area contributed by atoms with Gasteiger partial charge in [-0.3, -0.25) is 0 Å². The molecule has 3 nitrogen and oxygen atoms in total. The van der Waals surface area contributed by atoms with Crippen LogP contribution in [0.1, 0.15) is 8.35 Å². The second kappa shape index (κ2) is 1.40. The van der Waals surface area contributed by atoms with Crippen LogP contribution in [-0.4, -0.2) is 18.9 Å². The first-order valence-electron chi connectivity index (χ1n) is 2.12. The highest BCUT2D eigenvalue weighted by Gasteiger charge is 2.19. The molecule has 0 aromatic heterocycles. The fourth-order valence-electron chi connectivity index (χ4n) is 0.418. The first-order chi connectivity index (χ1) is 3.29. The third-order valence-corrected chi connectivity index (χ3v) is 0.733. The van der Waals surface area contributed by atoms with Crippen molar-refractivity contribution in [3.05, 3.63) is 0 Å². The van der Waals surface area contributed by atoms with Crippen LogP contribution < -0.4 is 0 Å². The van der Waals surface area contributed by atoms with Crippen molar-refractivity contribution in [2.75, 3.05) is 6.61 Å². The van der Waals surface area contributed by atoms with Crippen molar-refractivity contribution >= 4 is 6.16 Å². The molecular weight excluding hydrogens is 96.0 g/mol. The second-order valence-corrected chi connectivity index (χ2v) is 1.49. The molecule has 1 unspecified atom stereocenters. The van der Waals surface area contributed by atoms with Crippen molar-refractivity contribution in [1.29, 1.82) is 0 Å². The zero-order chi connectivity index (χ0) is 5.28. The first kappa shape index (κ1) is 4.43. The summed E-state index contributed by atoms with van der Waals surface area (Å²) in [4.78, 5) is 10.0. The van der Waals surface area contributed by atoms with Crippen molar-refractivity contribution < 1.29 is 15.7 Å². The lowest BCUT2D eigenvalue weighted by Gasteiger charge is -1.90. The van der Waals surface area contributed by atoms with Gasteiger partial charge in [0.05, 0.1) is 0 Å². The normalized spacial score (nSPS) is 29.3. The molecule has 0 bridgehead atoms. The van der Waals surface area contributed by atoms with E-state index in [-0.39, 0.29) is 7.53 Å². The Hall–Kier alpha value is -0.730. The van der Waals surface area contributed by atoms with Gasteiger partial charge in [0.1, 0.15) is 12.7 Å². The molecule has 0 N–H and O–H groups in total. The maximum absolute atomic E-state index is 10.0. The maximum atomic E-state index is 10.0. The highest BCUT2D eigenvalue weighted by Crippen LogP contribution is 2.02. The molecule has 42 valence electrons. The van der Waals surface area contributed by atoms with Gasteiger partial charge in [0.15, 0.2) is 0 Å². The van der Waals surface area contributed by atoms with Crippen molar-refractivity contribution in [3.63, 3.8) is 0 Å². The van der Waals surface area contributed by atoms with Gasteiger partial charge in [-0.15, -0.1) is 0 Å². The maximum Gasteiger partial charge on any atom is 0.508 e. The molecule has 1 rings (SSSR count). The molecule has 7 heavy (non-hydrogen) atoms. The molecule has 0 spiro atoms. The molecule has 0 aromatic carbocycles. The number of hydrogen-bond donors (Lipinski definition) is 0. The summed E-state index contributed by atoms with van der Waals surface area (Å²) >= 11 is 0. The van der Waals surface area contributed by atoms with Gasteiger partial charge in [-0.2, -0.15) is 0 Å². The largest absolute Gasteiger partial charge is 0.508 e. The molecule has 1 heterocycles. The number of hydrogen-bond acceptors (Lipinski definition) is 3. The molecule has 1 atom stereocenters. The molecule has 1 fully saturated rings. The third-order valence-electron chi connectivity index (χ3n) is 0.733. The Balaban J connectivity index is 0.000000490. The molecule has 0 radical (unpaired) electrons. The summed E-state index contributed by atoms with van der Waals surface area (Å²) in [5, 5.41) is 0. The number of cyclic esters (lactones) is 2. The summed E-state index contributed by atoms with van der Waals surface area (Å²) in [6.07, 6.45) is -0.597. The van der Waals surface area contributed by atoms with Crippen LogP contribution in [0.3, 0.4) is 0 Å². The van der Waals surface area contributed by atoms with Gasteiger partial charge in [-0.1, -0.05) is 0 Å². The summed E-state index contributed by atoms with van der Waals surface area (Å²) in [7, 11) is 0. The molecule has 3 heteroatoms. The van der Waals surface area contributed by atoms with Gasteiger partial charge in [0.25, 0.3) is 0 Å². The van der Waals surface area contributed by atoms with E-state index >= 15 is 0 Å². The van der Waals surface area contributed by atoms with Crippen LogP contribution in [0.25, 0.3) is 0 Å². The van der Waals surface area contributed by atoms with E-state index in [1.165, 1.54) is 0 Å². The van der Waals surface area contributed by atoms with Gasteiger partial charge in [-0.25, -0.2) is 4.79 Å². The van der Waals surface area contributed by atoms with Crippen LogP contribution in [0.2, 0.25) is 0 Å². The highest BCUT2D eigenvalue weighted by molar-refractivity contribution is 5.61. The lowest BCUT2D eigenvalue weighted by Crippen LogP contribution is -2.01. The Morgan fingerprint density at radius 1 is 2.00 bits per heavy atom. The Labute approximate surface area is 42.7 Å². The fraction of sp³-hybridized carbons (Fsp3) is 0.750. The van der Waals surface area contributed by atoms with Gasteiger partial charge in [0.2, 0.25) is 0 Å². The molecule has 1 saturated heterocycles.